The Morgan fingerprint density at radius 1 is 1.00 bits per heavy atom. The fraction of sp³-hybridized carbons (Fsp3) is 0.0952. The van der Waals surface area contributed by atoms with Crippen molar-refractivity contribution in [1.29, 1.82) is 0 Å². The molecule has 8 nitrogen and oxygen atoms in total. The summed E-state index contributed by atoms with van der Waals surface area (Å²) in [4.78, 5) is 39.9. The summed E-state index contributed by atoms with van der Waals surface area (Å²) in [5, 5.41) is 5.52. The van der Waals surface area contributed by atoms with E-state index >= 15 is 0 Å². The lowest BCUT2D eigenvalue weighted by Gasteiger charge is -2.25. The molecule has 2 aromatic carbocycles. The van der Waals surface area contributed by atoms with E-state index in [1.165, 1.54) is 4.90 Å². The van der Waals surface area contributed by atoms with Crippen LogP contribution in [0.25, 0.3) is 11.6 Å². The van der Waals surface area contributed by atoms with E-state index in [1.54, 1.807) is 55.6 Å². The number of aromatic nitrogens is 2. The van der Waals surface area contributed by atoms with Gasteiger partial charge in [-0.15, -0.1) is 0 Å². The van der Waals surface area contributed by atoms with E-state index in [9.17, 15) is 14.4 Å². The van der Waals surface area contributed by atoms with Gasteiger partial charge in [0.05, 0.1) is 16.3 Å². The van der Waals surface area contributed by atoms with Gasteiger partial charge in [0, 0.05) is 12.6 Å². The van der Waals surface area contributed by atoms with E-state index in [0.717, 1.165) is 0 Å². The summed E-state index contributed by atoms with van der Waals surface area (Å²) in [5.74, 6) is 0.276. The summed E-state index contributed by atoms with van der Waals surface area (Å²) in [6.07, 6.45) is 1.60. The van der Waals surface area contributed by atoms with Crippen molar-refractivity contribution in [1.82, 2.24) is 10.2 Å². The van der Waals surface area contributed by atoms with Crippen molar-refractivity contribution in [3.05, 3.63) is 74.5 Å². The van der Waals surface area contributed by atoms with Gasteiger partial charge in [0.1, 0.15) is 5.57 Å². The molecule has 0 saturated carbocycles. The molecule has 5 rings (SSSR count). The lowest BCUT2D eigenvalue weighted by Crippen LogP contribution is -2.44. The average molecular weight is 389 g/mol. The largest absolute Gasteiger partial charge is 0.454 e. The van der Waals surface area contributed by atoms with Crippen molar-refractivity contribution in [2.45, 2.75) is 0 Å². The number of ether oxygens (including phenoxy) is 2. The number of anilines is 1. The SMILES string of the molecule is CN1C(=O)C(=c2[nH][nH]c(=O)/c2=C\c2ccc3c(c2)OCO3)C(=O)c2ccccc21. The molecule has 2 aliphatic heterocycles. The number of fused-ring (bicyclic) bond motifs is 2. The van der Waals surface area contributed by atoms with E-state index in [4.69, 9.17) is 9.47 Å². The maximum Gasteiger partial charge on any atom is 0.271 e. The Labute approximate surface area is 163 Å². The van der Waals surface area contributed by atoms with Gasteiger partial charge in [-0.1, -0.05) is 18.2 Å². The van der Waals surface area contributed by atoms with E-state index in [1.807, 2.05) is 0 Å². The van der Waals surface area contributed by atoms with E-state index in [-0.39, 0.29) is 22.9 Å². The second kappa shape index (κ2) is 6.23. The molecule has 0 unspecified atom stereocenters. The molecule has 29 heavy (non-hydrogen) atoms. The van der Waals surface area contributed by atoms with Crippen LogP contribution in [0.1, 0.15) is 15.9 Å². The topological polar surface area (TPSA) is 104 Å². The van der Waals surface area contributed by atoms with Gasteiger partial charge in [0.2, 0.25) is 12.6 Å². The molecule has 0 aliphatic carbocycles. The molecular weight excluding hydrogens is 374 g/mol. The minimum Gasteiger partial charge on any atom is -0.454 e. The number of H-pyrrole nitrogens is 2. The number of Topliss-reactive ketones (excluding diaryl/α,β-unsaturated/α-hetero) is 1. The number of carbonyl (C=O) groups excluding carboxylic acids is 2. The Morgan fingerprint density at radius 3 is 2.66 bits per heavy atom. The van der Waals surface area contributed by atoms with Crippen LogP contribution in [0.4, 0.5) is 5.69 Å². The molecule has 0 bridgehead atoms. The fourth-order valence-corrected chi connectivity index (χ4v) is 3.56. The van der Waals surface area contributed by atoms with Crippen LogP contribution in [0.5, 0.6) is 11.5 Å². The number of para-hydroxylation sites is 1. The maximum absolute atomic E-state index is 13.1. The zero-order valence-electron chi connectivity index (χ0n) is 15.3. The predicted molar refractivity (Wildman–Crippen MR) is 104 cm³/mol. The Morgan fingerprint density at radius 2 is 1.79 bits per heavy atom. The van der Waals surface area contributed by atoms with Crippen LogP contribution in [0.2, 0.25) is 0 Å². The highest BCUT2D eigenvalue weighted by molar-refractivity contribution is 6.51. The minimum absolute atomic E-state index is 0.0865. The third-order valence-electron chi connectivity index (χ3n) is 5.03. The Hall–Kier alpha value is -4.07. The van der Waals surface area contributed by atoms with Gasteiger partial charge >= 0.3 is 0 Å². The zero-order chi connectivity index (χ0) is 20.1. The fourth-order valence-electron chi connectivity index (χ4n) is 3.56. The number of ketones is 1. The van der Waals surface area contributed by atoms with Gasteiger partial charge in [-0.05, 0) is 35.9 Å². The van der Waals surface area contributed by atoms with Gasteiger partial charge in [0.25, 0.3) is 11.5 Å². The number of nitrogens with zero attached hydrogens (tertiary/aromatic N) is 1. The van der Waals surface area contributed by atoms with Crippen LogP contribution in [-0.4, -0.2) is 35.7 Å². The normalized spacial score (nSPS) is 17.7. The van der Waals surface area contributed by atoms with Gasteiger partial charge in [-0.25, -0.2) is 0 Å². The molecule has 0 saturated heterocycles. The van der Waals surface area contributed by atoms with Crippen LogP contribution >= 0.6 is 0 Å². The van der Waals surface area contributed by atoms with Crippen LogP contribution < -0.4 is 30.5 Å². The molecule has 8 heteroatoms. The lowest BCUT2D eigenvalue weighted by molar-refractivity contribution is -0.113. The summed E-state index contributed by atoms with van der Waals surface area (Å²) >= 11 is 0. The first-order chi connectivity index (χ1) is 14.0. The van der Waals surface area contributed by atoms with Crippen LogP contribution in [0, 0.1) is 0 Å². The smallest absolute Gasteiger partial charge is 0.271 e. The Balaban J connectivity index is 1.76. The van der Waals surface area contributed by atoms with Crippen molar-refractivity contribution < 1.29 is 19.1 Å². The lowest BCUT2D eigenvalue weighted by atomic mass is 9.95. The number of hydrogen-bond donors (Lipinski definition) is 2. The van der Waals surface area contributed by atoms with Crippen molar-refractivity contribution in [2.24, 2.45) is 0 Å². The molecule has 0 atom stereocenters. The molecule has 0 radical (unpaired) electrons. The van der Waals surface area contributed by atoms with Crippen LogP contribution in [0.15, 0.2) is 47.3 Å². The third kappa shape index (κ3) is 2.57. The number of benzene rings is 2. The first kappa shape index (κ1) is 17.1. The van der Waals surface area contributed by atoms with Crippen molar-refractivity contribution in [3.63, 3.8) is 0 Å². The molecular formula is C21H15N3O5. The van der Waals surface area contributed by atoms with Gasteiger partial charge < -0.3 is 14.4 Å². The van der Waals surface area contributed by atoms with Gasteiger partial charge in [-0.2, -0.15) is 0 Å². The van der Waals surface area contributed by atoms with Crippen molar-refractivity contribution >= 4 is 29.0 Å². The maximum atomic E-state index is 13.1. The zero-order valence-corrected chi connectivity index (χ0v) is 15.3. The highest BCUT2D eigenvalue weighted by Gasteiger charge is 2.33. The van der Waals surface area contributed by atoms with Crippen LogP contribution in [-0.2, 0) is 4.79 Å². The molecule has 3 aromatic rings. The van der Waals surface area contributed by atoms with Crippen molar-refractivity contribution in [2.75, 3.05) is 18.7 Å². The highest BCUT2D eigenvalue weighted by Crippen LogP contribution is 2.32. The van der Waals surface area contributed by atoms with E-state index in [2.05, 4.69) is 10.2 Å². The van der Waals surface area contributed by atoms with E-state index < -0.39 is 17.2 Å². The third-order valence-corrected chi connectivity index (χ3v) is 5.03. The van der Waals surface area contributed by atoms with Crippen LogP contribution in [0.3, 0.4) is 0 Å². The molecule has 3 heterocycles. The first-order valence-corrected chi connectivity index (χ1v) is 8.89. The average Bonchev–Trinajstić information content (AvgIpc) is 3.34. The minimum atomic E-state index is -0.482. The molecule has 1 aromatic heterocycles. The standard InChI is InChI=1S/C21H15N3O5/c1-24-14-5-3-2-4-12(14)19(25)17(21(24)27)18-13(20(26)23-22-18)8-11-6-7-15-16(9-11)29-10-28-15/h2-9,22H,10H2,1H3,(H,23,26)/b13-8-,18-17?. The summed E-state index contributed by atoms with van der Waals surface area (Å²) in [7, 11) is 1.60. The molecule has 2 aliphatic rings. The number of amides is 1. The predicted octanol–water partition coefficient (Wildman–Crippen LogP) is 0.270. The van der Waals surface area contributed by atoms with Gasteiger partial charge in [0.15, 0.2) is 11.5 Å². The molecule has 0 fully saturated rings. The van der Waals surface area contributed by atoms with Gasteiger partial charge in [-0.3, -0.25) is 24.6 Å². The Bertz CT molecular complexity index is 1370. The first-order valence-electron chi connectivity index (χ1n) is 8.89. The summed E-state index contributed by atoms with van der Waals surface area (Å²) in [5.41, 5.74) is 1.08. The number of carbonyl (C=O) groups is 2. The van der Waals surface area contributed by atoms with E-state index in [0.29, 0.717) is 28.3 Å². The molecule has 0 spiro atoms. The number of hydrogen-bond acceptors (Lipinski definition) is 5. The second-order valence-corrected chi connectivity index (χ2v) is 6.71. The summed E-state index contributed by atoms with van der Waals surface area (Å²) in [6, 6.07) is 12.1. The molecule has 1 amide bonds. The number of nitrogens with one attached hydrogen (secondary N) is 2. The second-order valence-electron chi connectivity index (χ2n) is 6.71. The molecule has 2 N–H and O–H groups in total. The highest BCUT2D eigenvalue weighted by atomic mass is 16.7. The molecule has 144 valence electrons. The quantitative estimate of drug-likeness (QED) is 0.622. The summed E-state index contributed by atoms with van der Waals surface area (Å²) in [6.45, 7) is 0.140. The summed E-state index contributed by atoms with van der Waals surface area (Å²) < 4.78 is 10.7. The number of aromatic amines is 2. The monoisotopic (exact) mass is 389 g/mol. The number of rotatable bonds is 1. The van der Waals surface area contributed by atoms with Crippen molar-refractivity contribution in [3.8, 4) is 11.5 Å². The Kier molecular flexibility index (Phi) is 3.67.